The van der Waals surface area contributed by atoms with E-state index in [1.54, 1.807) is 19.5 Å². The highest BCUT2D eigenvalue weighted by Crippen LogP contribution is 2.34. The van der Waals surface area contributed by atoms with E-state index in [2.05, 4.69) is 25.2 Å². The number of hydrogen-bond donors (Lipinski definition) is 0. The molecule has 4 rings (SSSR count). The molecule has 0 amide bonds. The predicted molar refractivity (Wildman–Crippen MR) is 85.3 cm³/mol. The van der Waals surface area contributed by atoms with Gasteiger partial charge in [0.1, 0.15) is 5.76 Å². The van der Waals surface area contributed by atoms with Gasteiger partial charge in [-0.15, -0.1) is 10.2 Å². The molecule has 1 aliphatic heterocycles. The molecule has 3 aromatic heterocycles. The van der Waals surface area contributed by atoms with Crippen molar-refractivity contribution in [2.45, 2.75) is 39.0 Å². The van der Waals surface area contributed by atoms with Crippen LogP contribution in [0.2, 0.25) is 0 Å². The first kappa shape index (κ1) is 15.2. The Morgan fingerprint density at radius 3 is 2.96 bits per heavy atom. The normalized spacial score (nSPS) is 21.8. The van der Waals surface area contributed by atoms with Gasteiger partial charge in [-0.3, -0.25) is 14.3 Å². The van der Waals surface area contributed by atoms with E-state index in [9.17, 15) is 0 Å². The molecule has 1 saturated heterocycles. The van der Waals surface area contributed by atoms with Gasteiger partial charge >= 0.3 is 0 Å². The van der Waals surface area contributed by atoms with Crippen molar-refractivity contribution in [3.8, 4) is 0 Å². The third-order valence-electron chi connectivity index (χ3n) is 4.78. The SMILES string of the molecule is CO[C@@H]1C[C@@H](c2nnc3cnccn23)N(Cc2c(C)noc2C)C1. The minimum atomic E-state index is 0.126. The van der Waals surface area contributed by atoms with E-state index in [1.807, 2.05) is 24.4 Å². The Balaban J connectivity index is 1.69. The first-order chi connectivity index (χ1) is 11.7. The highest BCUT2D eigenvalue weighted by Gasteiger charge is 2.36. The Kier molecular flexibility index (Phi) is 3.78. The molecule has 126 valence electrons. The van der Waals surface area contributed by atoms with Gasteiger partial charge in [0.2, 0.25) is 0 Å². The van der Waals surface area contributed by atoms with Gasteiger partial charge in [0.25, 0.3) is 0 Å². The molecule has 24 heavy (non-hydrogen) atoms. The third kappa shape index (κ3) is 2.47. The molecule has 0 saturated carbocycles. The minimum Gasteiger partial charge on any atom is -0.380 e. The quantitative estimate of drug-likeness (QED) is 0.721. The van der Waals surface area contributed by atoms with Crippen LogP contribution in [0.1, 0.15) is 35.3 Å². The first-order valence-electron chi connectivity index (χ1n) is 8.00. The summed E-state index contributed by atoms with van der Waals surface area (Å²) >= 11 is 0. The number of aryl methyl sites for hydroxylation is 2. The number of fused-ring (bicyclic) bond motifs is 1. The van der Waals surface area contributed by atoms with Crippen molar-refractivity contribution in [1.82, 2.24) is 29.6 Å². The van der Waals surface area contributed by atoms with Gasteiger partial charge < -0.3 is 9.26 Å². The summed E-state index contributed by atoms with van der Waals surface area (Å²) in [4.78, 5) is 6.46. The lowest BCUT2D eigenvalue weighted by atomic mass is 10.1. The highest BCUT2D eigenvalue weighted by atomic mass is 16.5. The number of aromatic nitrogens is 5. The molecule has 2 atom stereocenters. The monoisotopic (exact) mass is 328 g/mol. The zero-order chi connectivity index (χ0) is 16.7. The second kappa shape index (κ2) is 5.95. The second-order valence-electron chi connectivity index (χ2n) is 6.20. The molecular weight excluding hydrogens is 308 g/mol. The molecule has 0 spiro atoms. The average molecular weight is 328 g/mol. The van der Waals surface area contributed by atoms with Crippen molar-refractivity contribution in [3.63, 3.8) is 0 Å². The van der Waals surface area contributed by atoms with E-state index in [4.69, 9.17) is 9.26 Å². The summed E-state index contributed by atoms with van der Waals surface area (Å²) in [6.45, 7) is 5.52. The fraction of sp³-hybridized carbons (Fsp3) is 0.500. The maximum atomic E-state index is 5.61. The van der Waals surface area contributed by atoms with Crippen LogP contribution in [-0.4, -0.2) is 49.4 Å². The van der Waals surface area contributed by atoms with Gasteiger partial charge in [0.15, 0.2) is 11.5 Å². The van der Waals surface area contributed by atoms with Crippen LogP contribution in [0.15, 0.2) is 23.1 Å². The van der Waals surface area contributed by atoms with E-state index in [0.29, 0.717) is 0 Å². The molecular formula is C16H20N6O2. The number of rotatable bonds is 4. The minimum absolute atomic E-state index is 0.126. The first-order valence-corrected chi connectivity index (χ1v) is 8.00. The van der Waals surface area contributed by atoms with Crippen molar-refractivity contribution < 1.29 is 9.26 Å². The van der Waals surface area contributed by atoms with Crippen molar-refractivity contribution >= 4 is 5.65 Å². The zero-order valence-corrected chi connectivity index (χ0v) is 14.0. The summed E-state index contributed by atoms with van der Waals surface area (Å²) in [6.07, 6.45) is 6.42. The number of hydrogen-bond acceptors (Lipinski definition) is 7. The lowest BCUT2D eigenvalue weighted by Crippen LogP contribution is -2.26. The van der Waals surface area contributed by atoms with Crippen LogP contribution < -0.4 is 0 Å². The average Bonchev–Trinajstić information content (AvgIpc) is 3.27. The van der Waals surface area contributed by atoms with E-state index < -0.39 is 0 Å². The van der Waals surface area contributed by atoms with E-state index >= 15 is 0 Å². The summed E-state index contributed by atoms with van der Waals surface area (Å²) in [5.74, 6) is 1.78. The van der Waals surface area contributed by atoms with Gasteiger partial charge in [-0.1, -0.05) is 5.16 Å². The van der Waals surface area contributed by atoms with E-state index in [0.717, 1.165) is 48.0 Å². The van der Waals surface area contributed by atoms with Crippen LogP contribution in [0.25, 0.3) is 5.65 Å². The van der Waals surface area contributed by atoms with E-state index in [-0.39, 0.29) is 12.1 Å². The predicted octanol–water partition coefficient (Wildman–Crippen LogP) is 1.69. The van der Waals surface area contributed by atoms with E-state index in [1.165, 1.54) is 0 Å². The zero-order valence-electron chi connectivity index (χ0n) is 14.0. The molecule has 0 radical (unpaired) electrons. The Morgan fingerprint density at radius 2 is 2.21 bits per heavy atom. The maximum absolute atomic E-state index is 5.61. The number of methoxy groups -OCH3 is 1. The van der Waals surface area contributed by atoms with Crippen LogP contribution in [0.4, 0.5) is 0 Å². The highest BCUT2D eigenvalue weighted by molar-refractivity contribution is 5.34. The van der Waals surface area contributed by atoms with Crippen LogP contribution in [0.3, 0.4) is 0 Å². The van der Waals surface area contributed by atoms with Crippen LogP contribution in [0, 0.1) is 13.8 Å². The molecule has 0 N–H and O–H groups in total. The maximum Gasteiger partial charge on any atom is 0.179 e. The smallest absolute Gasteiger partial charge is 0.179 e. The van der Waals surface area contributed by atoms with Gasteiger partial charge in [-0.05, 0) is 20.3 Å². The lowest BCUT2D eigenvalue weighted by molar-refractivity contribution is 0.107. The summed E-state index contributed by atoms with van der Waals surface area (Å²) in [6, 6.07) is 0.126. The molecule has 1 fully saturated rings. The molecule has 0 bridgehead atoms. The Labute approximate surface area is 139 Å². The second-order valence-corrected chi connectivity index (χ2v) is 6.20. The van der Waals surface area contributed by atoms with Crippen LogP contribution >= 0.6 is 0 Å². The molecule has 3 aromatic rings. The topological polar surface area (TPSA) is 81.6 Å². The number of ether oxygens (including phenoxy) is 1. The summed E-state index contributed by atoms with van der Waals surface area (Å²) in [5.41, 5.74) is 2.82. The molecule has 8 heteroatoms. The standard InChI is InChI=1S/C16H20N6O2/c1-10-13(11(2)24-20-10)9-21-8-12(23-3)6-14(21)16-19-18-15-7-17-4-5-22(15)16/h4-5,7,12,14H,6,8-9H2,1-3H3/t12-,14+/m1/s1. The molecule has 0 aromatic carbocycles. The lowest BCUT2D eigenvalue weighted by Gasteiger charge is -2.22. The Bertz CT molecular complexity index is 838. The van der Waals surface area contributed by atoms with Gasteiger partial charge in [-0.2, -0.15) is 0 Å². The Hall–Kier alpha value is -2.32. The number of nitrogens with zero attached hydrogens (tertiary/aromatic N) is 6. The molecule has 8 nitrogen and oxygen atoms in total. The largest absolute Gasteiger partial charge is 0.380 e. The summed E-state index contributed by atoms with van der Waals surface area (Å²) in [7, 11) is 1.76. The third-order valence-corrected chi connectivity index (χ3v) is 4.78. The van der Waals surface area contributed by atoms with Crippen molar-refractivity contribution in [1.29, 1.82) is 0 Å². The van der Waals surface area contributed by atoms with Gasteiger partial charge in [0.05, 0.1) is 24.0 Å². The van der Waals surface area contributed by atoms with Crippen LogP contribution in [-0.2, 0) is 11.3 Å². The molecule has 0 aliphatic carbocycles. The van der Waals surface area contributed by atoms with Gasteiger partial charge in [0, 0.05) is 38.2 Å². The fourth-order valence-electron chi connectivity index (χ4n) is 3.41. The molecule has 4 heterocycles. The molecule has 0 unspecified atom stereocenters. The van der Waals surface area contributed by atoms with Crippen LogP contribution in [0.5, 0.6) is 0 Å². The van der Waals surface area contributed by atoms with Crippen molar-refractivity contribution in [3.05, 3.63) is 41.4 Å². The fourth-order valence-corrected chi connectivity index (χ4v) is 3.41. The van der Waals surface area contributed by atoms with Crippen molar-refractivity contribution in [2.75, 3.05) is 13.7 Å². The molecule has 1 aliphatic rings. The van der Waals surface area contributed by atoms with Crippen molar-refractivity contribution in [2.24, 2.45) is 0 Å². The Morgan fingerprint density at radius 1 is 1.33 bits per heavy atom. The van der Waals surface area contributed by atoms with Gasteiger partial charge in [-0.25, -0.2) is 0 Å². The summed E-state index contributed by atoms with van der Waals surface area (Å²) in [5, 5.41) is 12.7. The summed E-state index contributed by atoms with van der Waals surface area (Å²) < 4.78 is 12.9. The number of likely N-dealkylation sites (tertiary alicyclic amines) is 1.